The molecule has 2 aromatic rings. The van der Waals surface area contributed by atoms with Gasteiger partial charge >= 0.3 is 0 Å². The van der Waals surface area contributed by atoms with Crippen molar-refractivity contribution in [2.45, 2.75) is 11.8 Å². The molecule has 0 spiro atoms. The Morgan fingerprint density at radius 1 is 1.16 bits per heavy atom. The van der Waals surface area contributed by atoms with Crippen LogP contribution in [0.2, 0.25) is 0 Å². The summed E-state index contributed by atoms with van der Waals surface area (Å²) in [7, 11) is -3.59. The van der Waals surface area contributed by atoms with Crippen molar-refractivity contribution in [3.8, 4) is 0 Å². The number of nitrogens with two attached hydrogens (primary N) is 1. The van der Waals surface area contributed by atoms with Gasteiger partial charge in [-0.15, -0.1) is 0 Å². The van der Waals surface area contributed by atoms with Gasteiger partial charge in [-0.1, -0.05) is 22.0 Å². The third-order valence-corrected chi connectivity index (χ3v) is 4.50. The van der Waals surface area contributed by atoms with Gasteiger partial charge in [0.2, 0.25) is 0 Å². The Morgan fingerprint density at radius 2 is 1.89 bits per heavy atom. The van der Waals surface area contributed by atoms with E-state index in [1.165, 1.54) is 6.07 Å². The van der Waals surface area contributed by atoms with Crippen LogP contribution < -0.4 is 10.5 Å². The van der Waals surface area contributed by atoms with Gasteiger partial charge in [0, 0.05) is 15.8 Å². The Bertz CT molecular complexity index is 714. The summed E-state index contributed by atoms with van der Waals surface area (Å²) in [4.78, 5) is 0.205. The van der Waals surface area contributed by atoms with E-state index in [0.29, 0.717) is 15.8 Å². The number of halogens is 1. The van der Waals surface area contributed by atoms with Gasteiger partial charge in [0.05, 0.1) is 4.90 Å². The van der Waals surface area contributed by atoms with E-state index in [1.54, 1.807) is 36.4 Å². The molecule has 19 heavy (non-hydrogen) atoms. The minimum Gasteiger partial charge on any atom is -0.399 e. The maximum Gasteiger partial charge on any atom is 0.261 e. The molecule has 0 saturated heterocycles. The Balaban J connectivity index is 2.33. The molecule has 4 nitrogen and oxygen atoms in total. The Hall–Kier alpha value is -1.53. The molecule has 0 aromatic heterocycles. The summed E-state index contributed by atoms with van der Waals surface area (Å²) in [6.45, 7) is 1.83. The molecule has 0 aliphatic heterocycles. The number of anilines is 2. The van der Waals surface area contributed by atoms with E-state index in [0.717, 1.165) is 5.56 Å². The topological polar surface area (TPSA) is 72.2 Å². The normalized spacial score (nSPS) is 11.3. The Labute approximate surface area is 120 Å². The molecule has 0 aliphatic rings. The van der Waals surface area contributed by atoms with Crippen LogP contribution in [0, 0.1) is 6.92 Å². The van der Waals surface area contributed by atoms with E-state index in [1.807, 2.05) is 6.92 Å². The average molecular weight is 341 g/mol. The first kappa shape index (κ1) is 13.9. The summed E-state index contributed by atoms with van der Waals surface area (Å²) >= 11 is 3.25. The van der Waals surface area contributed by atoms with E-state index in [4.69, 9.17) is 5.73 Å². The van der Waals surface area contributed by atoms with Crippen LogP contribution >= 0.6 is 15.9 Å². The lowest BCUT2D eigenvalue weighted by Gasteiger charge is -2.10. The molecule has 0 heterocycles. The van der Waals surface area contributed by atoms with Crippen molar-refractivity contribution < 1.29 is 8.42 Å². The molecule has 0 aliphatic carbocycles. The van der Waals surface area contributed by atoms with Crippen LogP contribution in [0.3, 0.4) is 0 Å². The lowest BCUT2D eigenvalue weighted by molar-refractivity contribution is 0.601. The minimum atomic E-state index is -3.59. The van der Waals surface area contributed by atoms with E-state index < -0.39 is 10.0 Å². The van der Waals surface area contributed by atoms with Gasteiger partial charge in [0.1, 0.15) is 0 Å². The highest BCUT2D eigenvalue weighted by Gasteiger charge is 2.14. The molecule has 0 saturated carbocycles. The van der Waals surface area contributed by atoms with E-state index in [9.17, 15) is 8.42 Å². The quantitative estimate of drug-likeness (QED) is 0.843. The SMILES string of the molecule is Cc1cc(NS(=O)(=O)c2cccc(Br)c2)ccc1N. The third kappa shape index (κ3) is 3.27. The van der Waals surface area contributed by atoms with Crippen molar-refractivity contribution in [1.82, 2.24) is 0 Å². The molecule has 0 fully saturated rings. The molecule has 0 amide bonds. The van der Waals surface area contributed by atoms with Crippen molar-refractivity contribution in [3.63, 3.8) is 0 Å². The first-order valence-corrected chi connectivity index (χ1v) is 7.80. The van der Waals surface area contributed by atoms with Crippen LogP contribution in [0.15, 0.2) is 51.8 Å². The maximum absolute atomic E-state index is 12.2. The Kier molecular flexibility index (Phi) is 3.82. The molecule has 2 rings (SSSR count). The number of benzene rings is 2. The maximum atomic E-state index is 12.2. The fraction of sp³-hybridized carbons (Fsp3) is 0.0769. The van der Waals surface area contributed by atoms with Gasteiger partial charge < -0.3 is 5.73 Å². The van der Waals surface area contributed by atoms with E-state index in [2.05, 4.69) is 20.7 Å². The van der Waals surface area contributed by atoms with Gasteiger partial charge in [-0.05, 0) is 48.9 Å². The second-order valence-corrected chi connectivity index (χ2v) is 6.73. The highest BCUT2D eigenvalue weighted by molar-refractivity contribution is 9.10. The number of nitrogens with one attached hydrogen (secondary N) is 1. The number of hydrogen-bond acceptors (Lipinski definition) is 3. The summed E-state index contributed by atoms with van der Waals surface area (Å²) in [6, 6.07) is 11.5. The summed E-state index contributed by atoms with van der Waals surface area (Å²) in [5, 5.41) is 0. The molecule has 2 aromatic carbocycles. The smallest absolute Gasteiger partial charge is 0.261 e. The number of nitrogen functional groups attached to an aromatic ring is 1. The van der Waals surface area contributed by atoms with Crippen LogP contribution in [-0.4, -0.2) is 8.42 Å². The van der Waals surface area contributed by atoms with Crippen molar-refractivity contribution in [2.24, 2.45) is 0 Å². The predicted octanol–water partition coefficient (Wildman–Crippen LogP) is 3.14. The summed E-state index contributed by atoms with van der Waals surface area (Å²) < 4.78 is 27.6. The van der Waals surface area contributed by atoms with E-state index in [-0.39, 0.29) is 4.90 Å². The summed E-state index contributed by atoms with van der Waals surface area (Å²) in [5.74, 6) is 0. The predicted molar refractivity (Wildman–Crippen MR) is 80.5 cm³/mol. The van der Waals surface area contributed by atoms with Crippen LogP contribution in [0.1, 0.15) is 5.56 Å². The Morgan fingerprint density at radius 3 is 2.53 bits per heavy atom. The molecular formula is C13H13BrN2O2S. The standard InChI is InChI=1S/C13H13BrN2O2S/c1-9-7-11(5-6-13(9)15)16-19(17,18)12-4-2-3-10(14)8-12/h2-8,16H,15H2,1H3. The molecule has 0 bridgehead atoms. The largest absolute Gasteiger partial charge is 0.399 e. The molecule has 100 valence electrons. The van der Waals surface area contributed by atoms with Gasteiger partial charge in [0.15, 0.2) is 0 Å². The zero-order valence-corrected chi connectivity index (χ0v) is 12.6. The monoisotopic (exact) mass is 340 g/mol. The second kappa shape index (κ2) is 5.22. The van der Waals surface area contributed by atoms with Gasteiger partial charge in [0.25, 0.3) is 10.0 Å². The summed E-state index contributed by atoms with van der Waals surface area (Å²) in [6.07, 6.45) is 0. The van der Waals surface area contributed by atoms with Crippen molar-refractivity contribution in [1.29, 1.82) is 0 Å². The first-order chi connectivity index (χ1) is 8.88. The number of aryl methyl sites for hydroxylation is 1. The van der Waals surface area contributed by atoms with Gasteiger partial charge in [-0.3, -0.25) is 4.72 Å². The first-order valence-electron chi connectivity index (χ1n) is 5.53. The number of rotatable bonds is 3. The van der Waals surface area contributed by atoms with E-state index >= 15 is 0 Å². The molecule has 0 atom stereocenters. The molecular weight excluding hydrogens is 328 g/mol. The van der Waals surface area contributed by atoms with Gasteiger partial charge in [-0.25, -0.2) is 8.42 Å². The minimum absolute atomic E-state index is 0.205. The van der Waals surface area contributed by atoms with Crippen LogP contribution in [0.4, 0.5) is 11.4 Å². The highest BCUT2D eigenvalue weighted by atomic mass is 79.9. The van der Waals surface area contributed by atoms with Crippen molar-refractivity contribution in [2.75, 3.05) is 10.5 Å². The fourth-order valence-corrected chi connectivity index (χ4v) is 3.23. The second-order valence-electron chi connectivity index (χ2n) is 4.13. The summed E-state index contributed by atoms with van der Waals surface area (Å²) in [5.41, 5.74) is 7.65. The molecule has 3 N–H and O–H groups in total. The molecule has 6 heteroatoms. The zero-order valence-electron chi connectivity index (χ0n) is 10.2. The lowest BCUT2D eigenvalue weighted by atomic mass is 10.2. The number of sulfonamides is 1. The fourth-order valence-electron chi connectivity index (χ4n) is 1.59. The lowest BCUT2D eigenvalue weighted by Crippen LogP contribution is -2.13. The van der Waals surface area contributed by atoms with Gasteiger partial charge in [-0.2, -0.15) is 0 Å². The third-order valence-electron chi connectivity index (χ3n) is 2.63. The average Bonchev–Trinajstić information content (AvgIpc) is 2.33. The molecule has 0 radical (unpaired) electrons. The zero-order chi connectivity index (χ0) is 14.0. The van der Waals surface area contributed by atoms with Crippen molar-refractivity contribution >= 4 is 37.3 Å². The van der Waals surface area contributed by atoms with Crippen LogP contribution in [0.25, 0.3) is 0 Å². The van der Waals surface area contributed by atoms with Crippen molar-refractivity contribution in [3.05, 3.63) is 52.5 Å². The van der Waals surface area contributed by atoms with Crippen LogP contribution in [0.5, 0.6) is 0 Å². The molecule has 0 unspecified atom stereocenters. The highest BCUT2D eigenvalue weighted by Crippen LogP contribution is 2.22. The number of hydrogen-bond donors (Lipinski definition) is 2. The van der Waals surface area contributed by atoms with Crippen LogP contribution in [-0.2, 0) is 10.0 Å².